The molecule has 204 valence electrons. The van der Waals surface area contributed by atoms with Crippen molar-refractivity contribution in [1.82, 2.24) is 20.0 Å². The van der Waals surface area contributed by atoms with Crippen LogP contribution in [-0.2, 0) is 11.3 Å². The maximum atomic E-state index is 13.9. The van der Waals surface area contributed by atoms with Gasteiger partial charge in [0.25, 0.3) is 0 Å². The molecule has 0 bridgehead atoms. The fourth-order valence-corrected chi connectivity index (χ4v) is 6.41. The SMILES string of the molecule is CC[C@@H](C)[C@@H]1NC2(CCN(C(=O)Nc3ccc(C)cc3)CC2)N(C2CCN(Cc3ccccc3)CC2)C1=O. The summed E-state index contributed by atoms with van der Waals surface area (Å²) in [5, 5.41) is 6.87. The van der Waals surface area contributed by atoms with Crippen molar-refractivity contribution in [1.29, 1.82) is 0 Å². The average Bonchev–Trinajstić information content (AvgIpc) is 3.22. The molecule has 38 heavy (non-hydrogen) atoms. The number of hydrogen-bond donors (Lipinski definition) is 2. The van der Waals surface area contributed by atoms with Gasteiger partial charge in [-0.1, -0.05) is 68.3 Å². The van der Waals surface area contributed by atoms with Gasteiger partial charge in [0.2, 0.25) is 5.91 Å². The summed E-state index contributed by atoms with van der Waals surface area (Å²) in [4.78, 5) is 33.6. The predicted molar refractivity (Wildman–Crippen MR) is 152 cm³/mol. The molecule has 2 aromatic carbocycles. The van der Waals surface area contributed by atoms with Crippen molar-refractivity contribution in [2.45, 2.75) is 77.2 Å². The highest BCUT2D eigenvalue weighted by molar-refractivity contribution is 5.89. The van der Waals surface area contributed by atoms with Gasteiger partial charge >= 0.3 is 6.03 Å². The molecule has 0 unspecified atom stereocenters. The topological polar surface area (TPSA) is 67.9 Å². The zero-order valence-corrected chi connectivity index (χ0v) is 23.2. The van der Waals surface area contributed by atoms with E-state index < -0.39 is 0 Å². The zero-order chi connectivity index (χ0) is 26.7. The summed E-state index contributed by atoms with van der Waals surface area (Å²) < 4.78 is 0. The van der Waals surface area contributed by atoms with Crippen molar-refractivity contribution in [2.24, 2.45) is 5.92 Å². The minimum atomic E-state index is -0.363. The Morgan fingerprint density at radius 1 is 1.03 bits per heavy atom. The molecule has 0 saturated carbocycles. The third-order valence-electron chi connectivity index (χ3n) is 8.95. The quantitative estimate of drug-likeness (QED) is 0.576. The molecule has 3 fully saturated rings. The number of nitrogens with zero attached hydrogens (tertiary/aromatic N) is 3. The third kappa shape index (κ3) is 5.59. The van der Waals surface area contributed by atoms with Crippen LogP contribution in [-0.4, -0.2) is 70.6 Å². The average molecular weight is 518 g/mol. The lowest BCUT2D eigenvalue weighted by Gasteiger charge is -2.49. The van der Waals surface area contributed by atoms with Crippen molar-refractivity contribution in [2.75, 3.05) is 31.5 Å². The highest BCUT2D eigenvalue weighted by Gasteiger charge is 2.55. The number of amides is 3. The molecule has 0 aliphatic carbocycles. The predicted octanol–water partition coefficient (Wildman–Crippen LogP) is 4.83. The Morgan fingerprint density at radius 3 is 2.32 bits per heavy atom. The van der Waals surface area contributed by atoms with Crippen LogP contribution in [0.2, 0.25) is 0 Å². The van der Waals surface area contributed by atoms with Gasteiger partial charge in [-0.3, -0.25) is 15.0 Å². The lowest BCUT2D eigenvalue weighted by molar-refractivity contribution is -0.138. The molecule has 0 aromatic heterocycles. The van der Waals surface area contributed by atoms with E-state index in [4.69, 9.17) is 0 Å². The van der Waals surface area contributed by atoms with E-state index in [1.807, 2.05) is 36.1 Å². The Bertz CT molecular complexity index is 1090. The Labute approximate surface area is 227 Å². The first kappa shape index (κ1) is 26.7. The highest BCUT2D eigenvalue weighted by Crippen LogP contribution is 2.38. The van der Waals surface area contributed by atoms with Crippen molar-refractivity contribution in [3.63, 3.8) is 0 Å². The van der Waals surface area contributed by atoms with Crippen molar-refractivity contribution >= 4 is 17.6 Å². The molecule has 3 amide bonds. The molecule has 2 N–H and O–H groups in total. The smallest absolute Gasteiger partial charge is 0.321 e. The Morgan fingerprint density at radius 2 is 1.68 bits per heavy atom. The van der Waals surface area contributed by atoms with Crippen LogP contribution in [0.4, 0.5) is 10.5 Å². The molecule has 5 rings (SSSR count). The summed E-state index contributed by atoms with van der Waals surface area (Å²) in [5.74, 6) is 0.545. The fraction of sp³-hybridized carbons (Fsp3) is 0.548. The van der Waals surface area contributed by atoms with Gasteiger partial charge in [-0.2, -0.15) is 0 Å². The summed E-state index contributed by atoms with van der Waals surface area (Å²) in [6.45, 7) is 10.6. The summed E-state index contributed by atoms with van der Waals surface area (Å²) in [7, 11) is 0. The minimum absolute atomic E-state index is 0.0627. The maximum Gasteiger partial charge on any atom is 0.321 e. The minimum Gasteiger partial charge on any atom is -0.324 e. The molecule has 2 aromatic rings. The van der Waals surface area contributed by atoms with Crippen molar-refractivity contribution < 1.29 is 9.59 Å². The van der Waals surface area contributed by atoms with Gasteiger partial charge in [0, 0.05) is 57.3 Å². The van der Waals surface area contributed by atoms with Crippen LogP contribution >= 0.6 is 0 Å². The second-order valence-electron chi connectivity index (χ2n) is 11.5. The summed E-state index contributed by atoms with van der Waals surface area (Å²) in [6, 6.07) is 18.6. The second kappa shape index (κ2) is 11.5. The molecule has 7 heteroatoms. The number of urea groups is 1. The van der Waals surface area contributed by atoms with E-state index in [0.717, 1.165) is 57.4 Å². The van der Waals surface area contributed by atoms with E-state index >= 15 is 0 Å². The normalized spacial score (nSPS) is 23.1. The fourth-order valence-electron chi connectivity index (χ4n) is 6.41. The number of benzene rings is 2. The molecular weight excluding hydrogens is 474 g/mol. The molecular formula is C31H43N5O2. The number of hydrogen-bond acceptors (Lipinski definition) is 4. The molecule has 1 spiro atoms. The van der Waals surface area contributed by atoms with Crippen LogP contribution < -0.4 is 10.6 Å². The number of nitrogens with one attached hydrogen (secondary N) is 2. The first-order valence-electron chi connectivity index (χ1n) is 14.4. The Balaban J connectivity index is 1.25. The van der Waals surface area contributed by atoms with E-state index in [2.05, 4.69) is 64.6 Å². The number of anilines is 1. The molecule has 3 saturated heterocycles. The van der Waals surface area contributed by atoms with Crippen molar-refractivity contribution in [3.05, 3.63) is 65.7 Å². The molecule has 3 aliphatic heterocycles. The number of carbonyl (C=O) groups excluding carboxylic acids is 2. The summed E-state index contributed by atoms with van der Waals surface area (Å²) in [5.41, 5.74) is 2.96. The highest BCUT2D eigenvalue weighted by atomic mass is 16.2. The van der Waals surface area contributed by atoms with Crippen LogP contribution in [0, 0.1) is 12.8 Å². The zero-order valence-electron chi connectivity index (χ0n) is 23.2. The van der Waals surface area contributed by atoms with Crippen LogP contribution in [0.3, 0.4) is 0 Å². The number of piperidine rings is 2. The summed E-state index contributed by atoms with van der Waals surface area (Å²) in [6.07, 6.45) is 4.47. The molecule has 3 aliphatic rings. The van der Waals surface area contributed by atoms with Gasteiger partial charge in [-0.15, -0.1) is 0 Å². The van der Waals surface area contributed by atoms with Crippen molar-refractivity contribution in [3.8, 4) is 0 Å². The van der Waals surface area contributed by atoms with Gasteiger partial charge in [0.05, 0.1) is 11.7 Å². The van der Waals surface area contributed by atoms with Gasteiger partial charge in [0.15, 0.2) is 0 Å². The van der Waals surface area contributed by atoms with Gasteiger partial charge in [-0.05, 0) is 43.4 Å². The molecule has 7 nitrogen and oxygen atoms in total. The number of rotatable bonds is 6. The van der Waals surface area contributed by atoms with Gasteiger partial charge in [0.1, 0.15) is 0 Å². The standard InChI is InChI=1S/C31H43N5O2/c1-4-24(3)28-29(37)36(27-14-18-34(19-15-27)22-25-8-6-5-7-9-25)31(33-28)16-20-35(21-17-31)30(38)32-26-12-10-23(2)11-13-26/h5-13,24,27-28,33H,4,14-22H2,1-3H3,(H,32,38)/t24-,28+/m1/s1. The van der Waals surface area contributed by atoms with E-state index in [9.17, 15) is 9.59 Å². The van der Waals surface area contributed by atoms with E-state index in [-0.39, 0.29) is 35.6 Å². The van der Waals surface area contributed by atoms with Crippen LogP contribution in [0.1, 0.15) is 57.1 Å². The van der Waals surface area contributed by atoms with Gasteiger partial charge < -0.3 is 15.1 Å². The number of carbonyl (C=O) groups is 2. The summed E-state index contributed by atoms with van der Waals surface area (Å²) >= 11 is 0. The first-order chi connectivity index (χ1) is 18.4. The van der Waals surface area contributed by atoms with Crippen LogP contribution in [0.25, 0.3) is 0 Å². The van der Waals surface area contributed by atoms with Gasteiger partial charge in [-0.25, -0.2) is 4.79 Å². The largest absolute Gasteiger partial charge is 0.324 e. The lowest BCUT2D eigenvalue weighted by atomic mass is 9.92. The van der Waals surface area contributed by atoms with Crippen LogP contribution in [0.15, 0.2) is 54.6 Å². The number of aryl methyl sites for hydroxylation is 1. The van der Waals surface area contributed by atoms with E-state index in [0.29, 0.717) is 13.1 Å². The lowest BCUT2D eigenvalue weighted by Crippen LogP contribution is -2.63. The first-order valence-corrected chi connectivity index (χ1v) is 14.4. The maximum absolute atomic E-state index is 13.9. The molecule has 0 radical (unpaired) electrons. The molecule has 2 atom stereocenters. The van der Waals surface area contributed by atoms with E-state index in [1.165, 1.54) is 11.1 Å². The van der Waals surface area contributed by atoms with Crippen LogP contribution in [0.5, 0.6) is 0 Å². The Hall–Kier alpha value is -2.90. The Kier molecular flexibility index (Phi) is 8.05. The molecule has 3 heterocycles. The third-order valence-corrected chi connectivity index (χ3v) is 8.95. The number of likely N-dealkylation sites (tertiary alicyclic amines) is 2. The van der Waals surface area contributed by atoms with E-state index in [1.54, 1.807) is 0 Å². The monoisotopic (exact) mass is 517 g/mol. The second-order valence-corrected chi connectivity index (χ2v) is 11.5.